The fourth-order valence-corrected chi connectivity index (χ4v) is 2.69. The molecule has 3 N–H and O–H groups in total. The van der Waals surface area contributed by atoms with E-state index in [1.165, 1.54) is 5.56 Å². The number of carbonyl (C=O) groups excluding carboxylic acids is 1. The van der Waals surface area contributed by atoms with Crippen molar-refractivity contribution in [1.82, 2.24) is 10.3 Å². The first-order chi connectivity index (χ1) is 11.6. The van der Waals surface area contributed by atoms with Crippen LogP contribution in [0, 0.1) is 6.92 Å². The summed E-state index contributed by atoms with van der Waals surface area (Å²) in [5.74, 6) is 0.476. The van der Waals surface area contributed by atoms with Crippen LogP contribution in [0.2, 0.25) is 0 Å². The highest BCUT2D eigenvalue weighted by Crippen LogP contribution is 2.20. The quantitative estimate of drug-likeness (QED) is 0.848. The van der Waals surface area contributed by atoms with Gasteiger partial charge in [0.05, 0.1) is 11.2 Å². The van der Waals surface area contributed by atoms with Crippen molar-refractivity contribution in [3.05, 3.63) is 41.8 Å². The summed E-state index contributed by atoms with van der Waals surface area (Å²) >= 11 is 0. The molecule has 1 amide bonds. The van der Waals surface area contributed by atoms with E-state index >= 15 is 0 Å². The highest BCUT2D eigenvalue weighted by Gasteiger charge is 2.35. The second-order valence-electron chi connectivity index (χ2n) is 6.28. The molecule has 1 aliphatic heterocycles. The molecule has 0 bridgehead atoms. The van der Waals surface area contributed by atoms with Crippen LogP contribution in [-0.2, 0) is 16.0 Å². The van der Waals surface area contributed by atoms with E-state index < -0.39 is 5.54 Å². The van der Waals surface area contributed by atoms with Crippen molar-refractivity contribution in [2.45, 2.75) is 31.7 Å². The van der Waals surface area contributed by atoms with E-state index in [-0.39, 0.29) is 18.3 Å². The zero-order valence-electron chi connectivity index (χ0n) is 14.3. The van der Waals surface area contributed by atoms with Gasteiger partial charge in [0.25, 0.3) is 0 Å². The summed E-state index contributed by atoms with van der Waals surface area (Å²) in [5.41, 5.74) is 8.28. The number of carbonyl (C=O) groups is 1. The Morgan fingerprint density at radius 3 is 2.64 bits per heavy atom. The number of rotatable bonds is 5. The number of amides is 1. The van der Waals surface area contributed by atoms with Crippen molar-refractivity contribution in [2.75, 3.05) is 19.8 Å². The lowest BCUT2D eigenvalue weighted by atomic mass is 9.90. The summed E-state index contributed by atoms with van der Waals surface area (Å²) in [7, 11) is 0. The Morgan fingerprint density at radius 2 is 1.96 bits per heavy atom. The van der Waals surface area contributed by atoms with Gasteiger partial charge in [-0.15, -0.1) is 12.4 Å². The van der Waals surface area contributed by atoms with E-state index in [9.17, 15) is 4.79 Å². The molecule has 6 nitrogen and oxygen atoms in total. The summed E-state index contributed by atoms with van der Waals surface area (Å²) in [5, 5.41) is 2.90. The van der Waals surface area contributed by atoms with Crippen LogP contribution in [0.1, 0.15) is 24.1 Å². The number of benzene rings is 1. The van der Waals surface area contributed by atoms with Gasteiger partial charge < -0.3 is 20.2 Å². The van der Waals surface area contributed by atoms with Crippen LogP contribution in [0.3, 0.4) is 0 Å². The minimum absolute atomic E-state index is 0. The Hall–Kier alpha value is -1.89. The summed E-state index contributed by atoms with van der Waals surface area (Å²) in [6.45, 7) is 3.59. The first kappa shape index (κ1) is 19.4. The molecule has 0 unspecified atom stereocenters. The summed E-state index contributed by atoms with van der Waals surface area (Å²) in [4.78, 5) is 16.7. The number of aromatic nitrogens is 1. The molecule has 1 fully saturated rings. The Kier molecular flexibility index (Phi) is 6.58. The maximum Gasteiger partial charge on any atom is 0.240 e. The first-order valence-electron chi connectivity index (χ1n) is 8.23. The Morgan fingerprint density at radius 1 is 1.28 bits per heavy atom. The van der Waals surface area contributed by atoms with E-state index in [1.807, 2.05) is 31.2 Å². The summed E-state index contributed by atoms with van der Waals surface area (Å²) < 4.78 is 10.8. The predicted molar refractivity (Wildman–Crippen MR) is 97.6 cm³/mol. The molecule has 0 atom stereocenters. The fourth-order valence-electron chi connectivity index (χ4n) is 2.69. The second-order valence-corrected chi connectivity index (χ2v) is 6.28. The highest BCUT2D eigenvalue weighted by atomic mass is 35.5. The van der Waals surface area contributed by atoms with Crippen molar-refractivity contribution >= 4 is 18.3 Å². The van der Waals surface area contributed by atoms with Crippen LogP contribution in [0.25, 0.3) is 11.5 Å². The van der Waals surface area contributed by atoms with Crippen molar-refractivity contribution in [1.29, 1.82) is 0 Å². The minimum atomic E-state index is -0.810. The molecule has 7 heteroatoms. The highest BCUT2D eigenvalue weighted by molar-refractivity contribution is 5.86. The molecule has 25 heavy (non-hydrogen) atoms. The van der Waals surface area contributed by atoms with E-state index in [2.05, 4.69) is 10.3 Å². The number of nitrogens with zero attached hydrogens (tertiary/aromatic N) is 1. The van der Waals surface area contributed by atoms with Crippen LogP contribution in [0.4, 0.5) is 0 Å². The van der Waals surface area contributed by atoms with Crippen LogP contribution in [0.5, 0.6) is 0 Å². The number of halogens is 1. The van der Waals surface area contributed by atoms with Crippen LogP contribution in [0.15, 0.2) is 34.9 Å². The molecular formula is C18H24ClN3O3. The SMILES string of the molecule is Cc1ccc(-c2nc(CCNC(=O)C3(N)CCOCC3)co2)cc1.Cl. The molecule has 2 heterocycles. The first-order valence-corrected chi connectivity index (χ1v) is 8.23. The maximum absolute atomic E-state index is 12.2. The number of hydrogen-bond donors (Lipinski definition) is 2. The predicted octanol–water partition coefficient (Wildman–Crippen LogP) is 2.24. The molecule has 1 aromatic heterocycles. The monoisotopic (exact) mass is 365 g/mol. The normalized spacial score (nSPS) is 16.1. The molecule has 0 aliphatic carbocycles. The number of hydrogen-bond acceptors (Lipinski definition) is 5. The van der Waals surface area contributed by atoms with Crippen LogP contribution in [-0.4, -0.2) is 36.2 Å². The number of aryl methyl sites for hydroxylation is 1. The van der Waals surface area contributed by atoms with E-state index in [4.69, 9.17) is 14.9 Å². The average molecular weight is 366 g/mol. The maximum atomic E-state index is 12.2. The molecule has 3 rings (SSSR count). The van der Waals surface area contributed by atoms with Crippen molar-refractivity contribution in [3.8, 4) is 11.5 Å². The van der Waals surface area contributed by atoms with Crippen molar-refractivity contribution in [3.63, 3.8) is 0 Å². The Bertz CT molecular complexity index is 694. The third-order valence-corrected chi connectivity index (χ3v) is 4.35. The van der Waals surface area contributed by atoms with Crippen LogP contribution < -0.4 is 11.1 Å². The van der Waals surface area contributed by atoms with E-state index in [1.54, 1.807) is 6.26 Å². The largest absolute Gasteiger partial charge is 0.444 e. The molecular weight excluding hydrogens is 342 g/mol. The minimum Gasteiger partial charge on any atom is -0.444 e. The summed E-state index contributed by atoms with van der Waals surface area (Å²) in [6.07, 6.45) is 3.35. The number of nitrogens with two attached hydrogens (primary N) is 1. The Balaban J connectivity index is 0.00000225. The van der Waals surface area contributed by atoms with Gasteiger partial charge in [0.1, 0.15) is 6.26 Å². The Labute approximate surface area is 153 Å². The second kappa shape index (κ2) is 8.47. The van der Waals surface area contributed by atoms with Gasteiger partial charge in [-0.3, -0.25) is 4.79 Å². The molecule has 1 saturated heterocycles. The van der Waals surface area contributed by atoms with Gasteiger partial charge in [-0.25, -0.2) is 4.98 Å². The molecule has 2 aromatic rings. The zero-order valence-corrected chi connectivity index (χ0v) is 15.1. The number of nitrogens with one attached hydrogen (secondary N) is 1. The van der Waals surface area contributed by atoms with Crippen molar-refractivity contribution in [2.24, 2.45) is 5.73 Å². The molecule has 136 valence electrons. The lowest BCUT2D eigenvalue weighted by Gasteiger charge is -2.31. The molecule has 0 saturated carbocycles. The van der Waals surface area contributed by atoms with Crippen molar-refractivity contribution < 1.29 is 13.9 Å². The van der Waals surface area contributed by atoms with Gasteiger partial charge in [0.2, 0.25) is 11.8 Å². The lowest BCUT2D eigenvalue weighted by molar-refractivity contribution is -0.129. The third kappa shape index (κ3) is 4.81. The third-order valence-electron chi connectivity index (χ3n) is 4.35. The van der Waals surface area contributed by atoms with Gasteiger partial charge in [-0.2, -0.15) is 0 Å². The van der Waals surface area contributed by atoms with Gasteiger partial charge in [-0.05, 0) is 31.9 Å². The lowest BCUT2D eigenvalue weighted by Crippen LogP contribution is -2.57. The molecule has 1 aliphatic rings. The standard InChI is InChI=1S/C18H23N3O3.ClH/c1-13-2-4-14(5-3-13)16-21-15(12-24-16)6-9-20-17(22)18(19)7-10-23-11-8-18;/h2-5,12H,6-11,19H2,1H3,(H,20,22);1H. The molecule has 0 radical (unpaired) electrons. The van der Waals surface area contributed by atoms with Gasteiger partial charge in [0.15, 0.2) is 0 Å². The van der Waals surface area contributed by atoms with E-state index in [0.717, 1.165) is 11.3 Å². The van der Waals surface area contributed by atoms with E-state index in [0.29, 0.717) is 44.9 Å². The van der Waals surface area contributed by atoms with Gasteiger partial charge in [-0.1, -0.05) is 17.7 Å². The molecule has 1 aromatic carbocycles. The van der Waals surface area contributed by atoms with Crippen LogP contribution >= 0.6 is 12.4 Å². The average Bonchev–Trinajstić information content (AvgIpc) is 3.05. The molecule has 0 spiro atoms. The van der Waals surface area contributed by atoms with Gasteiger partial charge >= 0.3 is 0 Å². The fraction of sp³-hybridized carbons (Fsp3) is 0.444. The zero-order chi connectivity index (χ0) is 17.0. The smallest absolute Gasteiger partial charge is 0.240 e. The topological polar surface area (TPSA) is 90.4 Å². The summed E-state index contributed by atoms with van der Waals surface area (Å²) in [6, 6.07) is 8.01. The van der Waals surface area contributed by atoms with Gasteiger partial charge in [0, 0.05) is 31.7 Å². The number of ether oxygens (including phenoxy) is 1. The number of oxazole rings is 1.